The van der Waals surface area contributed by atoms with Gasteiger partial charge < -0.3 is 20.3 Å². The molecule has 2 aliphatic rings. The Kier molecular flexibility index (Phi) is 7.23. The molecule has 0 saturated carbocycles. The van der Waals surface area contributed by atoms with Crippen molar-refractivity contribution in [3.63, 3.8) is 0 Å². The van der Waals surface area contributed by atoms with Crippen molar-refractivity contribution in [2.24, 2.45) is 0 Å². The van der Waals surface area contributed by atoms with Gasteiger partial charge in [0, 0.05) is 51.2 Å². The van der Waals surface area contributed by atoms with Crippen LogP contribution in [0.2, 0.25) is 0 Å². The van der Waals surface area contributed by atoms with Gasteiger partial charge >= 0.3 is 6.18 Å². The van der Waals surface area contributed by atoms with E-state index in [1.54, 1.807) is 4.90 Å². The van der Waals surface area contributed by atoms with Crippen molar-refractivity contribution in [3.8, 4) is 11.4 Å². The number of alkyl halides is 3. The topological polar surface area (TPSA) is 148 Å². The number of rotatable bonds is 6. The highest BCUT2D eigenvalue weighted by atomic mass is 32.2. The Bertz CT molecular complexity index is 1440. The van der Waals surface area contributed by atoms with Crippen molar-refractivity contribution in [3.05, 3.63) is 12.4 Å². The van der Waals surface area contributed by atoms with Crippen LogP contribution in [0, 0.1) is 0 Å². The molecule has 0 amide bonds. The van der Waals surface area contributed by atoms with Crippen molar-refractivity contribution in [2.75, 3.05) is 67.7 Å². The first-order valence-corrected chi connectivity index (χ1v) is 14.3. The molecule has 2 saturated heterocycles. The Labute approximate surface area is 222 Å². The number of nitrogens with zero attached hydrogens (tertiary/aromatic N) is 9. The quantitative estimate of drug-likeness (QED) is 0.455. The van der Waals surface area contributed by atoms with Crippen LogP contribution < -0.4 is 15.5 Å². The van der Waals surface area contributed by atoms with E-state index in [0.717, 1.165) is 10.8 Å². The monoisotopic (exact) mass is 570 g/mol. The van der Waals surface area contributed by atoms with E-state index in [0.29, 0.717) is 44.1 Å². The minimum Gasteiger partial charge on any atom is -0.378 e. The Balaban J connectivity index is 1.68. The maximum Gasteiger partial charge on any atom is 0.406 e. The van der Waals surface area contributed by atoms with E-state index in [-0.39, 0.29) is 48.5 Å². The van der Waals surface area contributed by atoms with E-state index in [2.05, 4.69) is 24.9 Å². The van der Waals surface area contributed by atoms with Crippen LogP contribution in [0.25, 0.3) is 22.6 Å². The van der Waals surface area contributed by atoms with Gasteiger partial charge in [-0.05, 0) is 6.42 Å². The molecule has 5 rings (SSSR count). The minimum absolute atomic E-state index is 0.00392. The molecule has 0 spiro atoms. The SMILES string of the molecule is CC[C@H]1CN(c2nc3c(N4CCOCC4)nc(-c4cnc(N)nc4)nc3n2CC(F)(F)F)CCN1S(C)(=O)=O. The molecule has 3 aromatic heterocycles. The van der Waals surface area contributed by atoms with Crippen LogP contribution in [0.5, 0.6) is 0 Å². The molecule has 3 aromatic rings. The zero-order valence-electron chi connectivity index (χ0n) is 21.5. The van der Waals surface area contributed by atoms with E-state index in [1.807, 2.05) is 11.8 Å². The molecule has 0 radical (unpaired) electrons. The summed E-state index contributed by atoms with van der Waals surface area (Å²) in [4.78, 5) is 25.4. The van der Waals surface area contributed by atoms with Crippen LogP contribution in [0.1, 0.15) is 13.3 Å². The molecular formula is C22H29F3N10O3S. The van der Waals surface area contributed by atoms with Crippen LogP contribution in [-0.4, -0.2) is 107 Å². The van der Waals surface area contributed by atoms with Gasteiger partial charge in [0.1, 0.15) is 6.54 Å². The predicted molar refractivity (Wildman–Crippen MR) is 138 cm³/mol. The fourth-order valence-electron chi connectivity index (χ4n) is 4.91. The van der Waals surface area contributed by atoms with E-state index < -0.39 is 28.8 Å². The van der Waals surface area contributed by atoms with Crippen LogP contribution in [0.4, 0.5) is 30.9 Å². The number of imidazole rings is 1. The Morgan fingerprint density at radius 2 is 1.74 bits per heavy atom. The lowest BCUT2D eigenvalue weighted by molar-refractivity contribution is -0.139. The third-order valence-corrected chi connectivity index (χ3v) is 8.08. The van der Waals surface area contributed by atoms with Gasteiger partial charge in [-0.1, -0.05) is 6.92 Å². The lowest BCUT2D eigenvalue weighted by atomic mass is 10.1. The number of nitrogens with two attached hydrogens (primary N) is 1. The molecule has 2 aliphatic heterocycles. The third kappa shape index (κ3) is 5.69. The van der Waals surface area contributed by atoms with Crippen molar-refractivity contribution >= 4 is 38.9 Å². The molecule has 39 heavy (non-hydrogen) atoms. The largest absolute Gasteiger partial charge is 0.406 e. The number of sulfonamides is 1. The molecule has 0 bridgehead atoms. The van der Waals surface area contributed by atoms with Crippen molar-refractivity contribution in [1.29, 1.82) is 0 Å². The second-order valence-electron chi connectivity index (χ2n) is 9.47. The number of aromatic nitrogens is 6. The number of morpholine rings is 1. The molecule has 0 aliphatic carbocycles. The maximum absolute atomic E-state index is 13.9. The van der Waals surface area contributed by atoms with Crippen molar-refractivity contribution in [2.45, 2.75) is 32.1 Å². The Morgan fingerprint density at radius 3 is 2.36 bits per heavy atom. The number of hydrogen-bond donors (Lipinski definition) is 1. The van der Waals surface area contributed by atoms with Gasteiger partial charge in [-0.3, -0.25) is 4.57 Å². The molecule has 0 aromatic carbocycles. The van der Waals surface area contributed by atoms with Gasteiger partial charge in [-0.2, -0.15) is 17.5 Å². The number of anilines is 3. The van der Waals surface area contributed by atoms with Crippen molar-refractivity contribution in [1.82, 2.24) is 33.8 Å². The highest BCUT2D eigenvalue weighted by Gasteiger charge is 2.37. The standard InChI is InChI=1S/C22H29F3N10O3S/c1-3-15-12-33(4-5-35(15)39(2,36)37)21-29-16-18(32-6-8-38-9-7-32)30-17(14-10-27-20(26)28-11-14)31-19(16)34(21)13-22(23,24)25/h10-11,15H,3-9,12-13H2,1-2H3,(H2,26,27,28)/t15-/m0/s1. The number of hydrogen-bond acceptors (Lipinski definition) is 11. The molecule has 212 valence electrons. The summed E-state index contributed by atoms with van der Waals surface area (Å²) in [5, 5.41) is 0. The third-order valence-electron chi connectivity index (χ3n) is 6.74. The lowest BCUT2D eigenvalue weighted by Gasteiger charge is -2.40. The fourth-order valence-corrected chi connectivity index (χ4v) is 6.08. The smallest absolute Gasteiger partial charge is 0.378 e. The molecule has 2 fully saturated rings. The van der Waals surface area contributed by atoms with Crippen LogP contribution in [0.15, 0.2) is 12.4 Å². The van der Waals surface area contributed by atoms with E-state index in [9.17, 15) is 21.6 Å². The highest BCUT2D eigenvalue weighted by molar-refractivity contribution is 7.88. The Hall–Kier alpha value is -3.31. The zero-order chi connectivity index (χ0) is 27.9. The summed E-state index contributed by atoms with van der Waals surface area (Å²) < 4.78 is 74.2. The molecule has 0 unspecified atom stereocenters. The summed E-state index contributed by atoms with van der Waals surface area (Å²) in [5.41, 5.74) is 6.22. The zero-order valence-corrected chi connectivity index (χ0v) is 22.3. The van der Waals surface area contributed by atoms with Crippen LogP contribution in [-0.2, 0) is 21.3 Å². The van der Waals surface area contributed by atoms with Gasteiger partial charge in [0.2, 0.25) is 21.9 Å². The Morgan fingerprint density at radius 1 is 1.05 bits per heavy atom. The van der Waals surface area contributed by atoms with Crippen molar-refractivity contribution < 1.29 is 26.3 Å². The van der Waals surface area contributed by atoms with Gasteiger partial charge in [0.15, 0.2) is 22.8 Å². The number of nitrogen functional groups attached to an aromatic ring is 1. The van der Waals surface area contributed by atoms with Gasteiger partial charge in [-0.15, -0.1) is 0 Å². The fraction of sp³-hybridized carbons (Fsp3) is 0.591. The van der Waals surface area contributed by atoms with Crippen LogP contribution in [0.3, 0.4) is 0 Å². The van der Waals surface area contributed by atoms with Crippen LogP contribution >= 0.6 is 0 Å². The number of ether oxygens (including phenoxy) is 1. The summed E-state index contributed by atoms with van der Waals surface area (Å²) in [6, 6.07) is -0.416. The average Bonchev–Trinajstić information content (AvgIpc) is 3.25. The minimum atomic E-state index is -4.57. The normalized spacial score (nSPS) is 19.7. The first-order chi connectivity index (χ1) is 18.4. The molecule has 5 heterocycles. The summed E-state index contributed by atoms with van der Waals surface area (Å²) in [5.74, 6) is 0.603. The second kappa shape index (κ2) is 10.3. The van der Waals surface area contributed by atoms with E-state index in [4.69, 9.17) is 10.5 Å². The van der Waals surface area contributed by atoms with E-state index in [1.165, 1.54) is 16.7 Å². The summed E-state index contributed by atoms with van der Waals surface area (Å²) >= 11 is 0. The molecular weight excluding hydrogens is 541 g/mol. The van der Waals surface area contributed by atoms with Gasteiger partial charge in [0.05, 0.1) is 25.0 Å². The highest BCUT2D eigenvalue weighted by Crippen LogP contribution is 2.34. The summed E-state index contributed by atoms with van der Waals surface area (Å²) in [6.45, 7) is 2.77. The number of halogens is 3. The molecule has 2 N–H and O–H groups in total. The maximum atomic E-state index is 13.9. The summed E-state index contributed by atoms with van der Waals surface area (Å²) in [6.07, 6.45) is -0.127. The first-order valence-electron chi connectivity index (χ1n) is 12.4. The first kappa shape index (κ1) is 27.3. The predicted octanol–water partition coefficient (Wildman–Crippen LogP) is 1.12. The number of fused-ring (bicyclic) bond motifs is 1. The second-order valence-corrected chi connectivity index (χ2v) is 11.4. The summed E-state index contributed by atoms with van der Waals surface area (Å²) in [7, 11) is -3.48. The average molecular weight is 571 g/mol. The number of piperazine rings is 1. The van der Waals surface area contributed by atoms with E-state index >= 15 is 0 Å². The van der Waals surface area contributed by atoms with Gasteiger partial charge in [0.25, 0.3) is 0 Å². The molecule has 17 heteroatoms. The lowest BCUT2D eigenvalue weighted by Crippen LogP contribution is -2.55. The molecule has 1 atom stereocenters. The van der Waals surface area contributed by atoms with Gasteiger partial charge in [-0.25, -0.2) is 33.3 Å². The molecule has 13 nitrogen and oxygen atoms in total.